The number of thiocarbonyl (C=S) groups is 1. The van der Waals surface area contributed by atoms with Gasteiger partial charge < -0.3 is 0 Å². The molecule has 0 aromatic heterocycles. The molecule has 3 unspecified atom stereocenters. The highest BCUT2D eigenvalue weighted by molar-refractivity contribution is 7.80. The Morgan fingerprint density at radius 2 is 1.67 bits per heavy atom. The normalized spacial score (nSPS) is 27.6. The summed E-state index contributed by atoms with van der Waals surface area (Å²) in [4.78, 5) is 1.26. The maximum atomic E-state index is 5.92. The molecule has 21 heavy (non-hydrogen) atoms. The summed E-state index contributed by atoms with van der Waals surface area (Å²) in [5.74, 6) is 1.13. The number of allylic oxidation sites excluding steroid dienone is 1. The Bertz CT molecular complexity index is 405. The van der Waals surface area contributed by atoms with E-state index in [1.54, 1.807) is 0 Å². The van der Waals surface area contributed by atoms with Gasteiger partial charge in [-0.25, -0.2) is 0 Å². The molecule has 122 valence electrons. The largest absolute Gasteiger partial charge is 0.0989 e. The number of hydrogen-bond donors (Lipinski definition) is 0. The van der Waals surface area contributed by atoms with Crippen molar-refractivity contribution in [2.45, 2.75) is 81.1 Å². The highest BCUT2D eigenvalue weighted by Gasteiger charge is 2.66. The lowest BCUT2D eigenvalue weighted by Crippen LogP contribution is -2.33. The lowest BCUT2D eigenvalue weighted by molar-refractivity contribution is 0.171. The van der Waals surface area contributed by atoms with Crippen molar-refractivity contribution in [3.8, 4) is 0 Å². The van der Waals surface area contributed by atoms with Crippen molar-refractivity contribution in [2.24, 2.45) is 28.1 Å². The molecule has 1 aliphatic carbocycles. The third-order valence-electron chi connectivity index (χ3n) is 5.46. The molecule has 0 nitrogen and oxygen atoms in total. The summed E-state index contributed by atoms with van der Waals surface area (Å²) in [5, 5.41) is 0. The lowest BCUT2D eigenvalue weighted by atomic mass is 9.69. The fourth-order valence-electron chi connectivity index (χ4n) is 4.41. The van der Waals surface area contributed by atoms with Crippen LogP contribution in [-0.2, 0) is 0 Å². The average molecular weight is 309 g/mol. The quantitative estimate of drug-likeness (QED) is 0.382. The first-order valence-electron chi connectivity index (χ1n) is 8.68. The van der Waals surface area contributed by atoms with Gasteiger partial charge in [-0.3, -0.25) is 0 Å². The van der Waals surface area contributed by atoms with Gasteiger partial charge >= 0.3 is 0 Å². The van der Waals surface area contributed by atoms with Crippen molar-refractivity contribution in [3.05, 3.63) is 12.2 Å². The molecule has 0 aromatic carbocycles. The molecule has 0 saturated heterocycles. The second-order valence-corrected chi connectivity index (χ2v) is 9.42. The van der Waals surface area contributed by atoms with Gasteiger partial charge in [0.1, 0.15) is 0 Å². The van der Waals surface area contributed by atoms with E-state index in [-0.39, 0.29) is 10.8 Å². The molecule has 1 fully saturated rings. The van der Waals surface area contributed by atoms with Crippen molar-refractivity contribution in [2.75, 3.05) is 0 Å². The number of hydrogen-bond acceptors (Lipinski definition) is 1. The third-order valence-corrected chi connectivity index (χ3v) is 6.37. The molecule has 0 N–H and O–H groups in total. The zero-order valence-electron chi connectivity index (χ0n) is 15.6. The third kappa shape index (κ3) is 3.28. The maximum Gasteiger partial charge on any atom is 0.00324 e. The van der Waals surface area contributed by atoms with Crippen molar-refractivity contribution < 1.29 is 0 Å². The molecular formula is C20H36S. The van der Waals surface area contributed by atoms with Gasteiger partial charge in [-0.2, -0.15) is 0 Å². The molecule has 3 atom stereocenters. The van der Waals surface area contributed by atoms with Crippen molar-refractivity contribution in [3.63, 3.8) is 0 Å². The van der Waals surface area contributed by atoms with Gasteiger partial charge in [0.05, 0.1) is 0 Å². The molecule has 1 aliphatic rings. The molecule has 0 heterocycles. The molecule has 0 bridgehead atoms. The van der Waals surface area contributed by atoms with E-state index in [0.717, 1.165) is 0 Å². The van der Waals surface area contributed by atoms with Crippen LogP contribution in [0.15, 0.2) is 12.2 Å². The first-order chi connectivity index (χ1) is 9.45. The molecule has 0 aliphatic heterocycles. The Morgan fingerprint density at radius 3 is 2.00 bits per heavy atom. The van der Waals surface area contributed by atoms with Crippen LogP contribution >= 0.6 is 12.2 Å². The molecule has 0 radical (unpaired) electrons. The monoisotopic (exact) mass is 308 g/mol. The minimum Gasteiger partial charge on any atom is -0.0989 e. The zero-order chi connectivity index (χ0) is 16.6. The summed E-state index contributed by atoms with van der Waals surface area (Å²) in [6, 6.07) is 0. The van der Waals surface area contributed by atoms with Crippen LogP contribution in [0.1, 0.15) is 81.1 Å². The fraction of sp³-hybridized carbons (Fsp3) is 0.850. The Labute approximate surface area is 138 Å². The first-order valence-corrected chi connectivity index (χ1v) is 9.09. The standard InChI is InChI=1S/C20H36S/c1-10-12-15(17(21)18(4,5)6)16-14(3)20(16,13-11-2)19(7,8)9/h15-16H,3,10-13H2,1-2,4-9H3. The SMILES string of the molecule is C=C1C(C(CCC)C(=S)C(C)(C)C)C1(CCC)C(C)(C)C. The molecule has 1 rings (SSSR count). The van der Waals surface area contributed by atoms with Crippen LogP contribution in [0.25, 0.3) is 0 Å². The molecule has 1 saturated carbocycles. The minimum atomic E-state index is 0.119. The minimum absolute atomic E-state index is 0.119. The highest BCUT2D eigenvalue weighted by atomic mass is 32.1. The summed E-state index contributed by atoms with van der Waals surface area (Å²) in [7, 11) is 0. The van der Waals surface area contributed by atoms with Crippen molar-refractivity contribution in [1.29, 1.82) is 0 Å². The van der Waals surface area contributed by atoms with Crippen LogP contribution in [-0.4, -0.2) is 4.86 Å². The molecule has 0 spiro atoms. The predicted octanol–water partition coefficient (Wildman–Crippen LogP) is 6.84. The molecule has 0 amide bonds. The topological polar surface area (TPSA) is 0 Å². The van der Waals surface area contributed by atoms with Gasteiger partial charge in [0.2, 0.25) is 0 Å². The predicted molar refractivity (Wildman–Crippen MR) is 99.9 cm³/mol. The van der Waals surface area contributed by atoms with Crippen LogP contribution in [0.3, 0.4) is 0 Å². The summed E-state index contributed by atoms with van der Waals surface area (Å²) in [6.07, 6.45) is 4.90. The first kappa shape index (κ1) is 18.9. The van der Waals surface area contributed by atoms with E-state index in [9.17, 15) is 0 Å². The van der Waals surface area contributed by atoms with E-state index in [4.69, 9.17) is 12.2 Å². The maximum absolute atomic E-state index is 5.92. The van der Waals surface area contributed by atoms with Crippen LogP contribution < -0.4 is 0 Å². The van der Waals surface area contributed by atoms with Crippen molar-refractivity contribution in [1.82, 2.24) is 0 Å². The van der Waals surface area contributed by atoms with Gasteiger partial charge in [0.15, 0.2) is 0 Å². The Hall–Kier alpha value is -0.170. The Balaban J connectivity index is 3.17. The lowest BCUT2D eigenvalue weighted by Gasteiger charge is -2.35. The van der Waals surface area contributed by atoms with Crippen LogP contribution in [0.4, 0.5) is 0 Å². The van der Waals surface area contributed by atoms with E-state index >= 15 is 0 Å². The summed E-state index contributed by atoms with van der Waals surface area (Å²) in [6.45, 7) is 23.0. The Kier molecular flexibility index (Phi) is 5.52. The van der Waals surface area contributed by atoms with Gasteiger partial charge in [0, 0.05) is 10.3 Å². The van der Waals surface area contributed by atoms with Crippen LogP contribution in [0.5, 0.6) is 0 Å². The van der Waals surface area contributed by atoms with Gasteiger partial charge in [-0.1, -0.05) is 92.6 Å². The summed E-state index contributed by atoms with van der Waals surface area (Å²) < 4.78 is 0. The van der Waals surface area contributed by atoms with E-state index in [2.05, 4.69) is 62.0 Å². The van der Waals surface area contributed by atoms with Gasteiger partial charge in [-0.15, -0.1) is 0 Å². The second kappa shape index (κ2) is 6.14. The smallest absolute Gasteiger partial charge is 0.00324 e. The fourth-order valence-corrected chi connectivity index (χ4v) is 4.66. The van der Waals surface area contributed by atoms with Gasteiger partial charge in [0.25, 0.3) is 0 Å². The van der Waals surface area contributed by atoms with Crippen LogP contribution in [0, 0.1) is 28.1 Å². The van der Waals surface area contributed by atoms with Crippen LogP contribution in [0.2, 0.25) is 0 Å². The molecular weight excluding hydrogens is 272 g/mol. The van der Waals surface area contributed by atoms with Gasteiger partial charge in [-0.05, 0) is 35.5 Å². The van der Waals surface area contributed by atoms with E-state index in [1.807, 2.05) is 0 Å². The summed E-state index contributed by atoms with van der Waals surface area (Å²) in [5.41, 5.74) is 2.18. The second-order valence-electron chi connectivity index (χ2n) is 8.98. The average Bonchev–Trinajstić information content (AvgIpc) is 2.90. The molecule has 1 heteroatoms. The van der Waals surface area contributed by atoms with E-state index in [1.165, 1.54) is 36.1 Å². The molecule has 0 aromatic rings. The highest BCUT2D eigenvalue weighted by Crippen LogP contribution is 2.72. The van der Waals surface area contributed by atoms with Crippen molar-refractivity contribution >= 4 is 17.1 Å². The van der Waals surface area contributed by atoms with E-state index in [0.29, 0.717) is 17.3 Å². The zero-order valence-corrected chi connectivity index (χ0v) is 16.4. The summed E-state index contributed by atoms with van der Waals surface area (Å²) >= 11 is 5.92. The Morgan fingerprint density at radius 1 is 1.14 bits per heavy atom. The number of rotatable bonds is 6. The van der Waals surface area contributed by atoms with E-state index < -0.39 is 0 Å².